The van der Waals surface area contributed by atoms with Gasteiger partial charge in [0.2, 0.25) is 0 Å². The molecule has 3 rings (SSSR count). The third kappa shape index (κ3) is 1.34. The molecule has 2 atom stereocenters. The summed E-state index contributed by atoms with van der Waals surface area (Å²) >= 11 is 0. The van der Waals surface area contributed by atoms with Crippen molar-refractivity contribution in [3.63, 3.8) is 0 Å². The topological polar surface area (TPSA) is 26.0 Å². The van der Waals surface area contributed by atoms with Crippen LogP contribution >= 0.6 is 0 Å². The molecule has 2 aliphatic carbocycles. The third-order valence-electron chi connectivity index (χ3n) is 4.68. The molecule has 1 fully saturated rings. The Morgan fingerprint density at radius 2 is 1.88 bits per heavy atom. The molecule has 0 amide bonds. The van der Waals surface area contributed by atoms with Crippen LogP contribution in [-0.2, 0) is 12.8 Å². The Kier molecular flexibility index (Phi) is 2.16. The molecular formula is C15H21N. The molecule has 0 aliphatic heterocycles. The maximum atomic E-state index is 6.21. The van der Waals surface area contributed by atoms with Crippen molar-refractivity contribution < 1.29 is 0 Å². The summed E-state index contributed by atoms with van der Waals surface area (Å²) in [6.07, 6.45) is 5.25. The summed E-state index contributed by atoms with van der Waals surface area (Å²) in [4.78, 5) is 0. The summed E-state index contributed by atoms with van der Waals surface area (Å²) in [6.45, 7) is 4.59. The maximum Gasteiger partial charge on any atom is 0.0172 e. The molecule has 2 N–H and O–H groups in total. The van der Waals surface area contributed by atoms with Crippen molar-refractivity contribution in [2.24, 2.45) is 11.1 Å². The van der Waals surface area contributed by atoms with Gasteiger partial charge in [-0.2, -0.15) is 0 Å². The maximum absolute atomic E-state index is 6.21. The Balaban J connectivity index is 2.03. The van der Waals surface area contributed by atoms with Gasteiger partial charge in [0.15, 0.2) is 0 Å². The highest BCUT2D eigenvalue weighted by atomic mass is 14.8. The quantitative estimate of drug-likeness (QED) is 0.765. The highest BCUT2D eigenvalue weighted by Gasteiger charge is 2.56. The van der Waals surface area contributed by atoms with Gasteiger partial charge in [-0.1, -0.05) is 32.0 Å². The van der Waals surface area contributed by atoms with Crippen LogP contribution in [-0.4, -0.2) is 6.04 Å². The van der Waals surface area contributed by atoms with E-state index in [1.165, 1.54) is 25.7 Å². The molecule has 86 valence electrons. The summed E-state index contributed by atoms with van der Waals surface area (Å²) in [5.41, 5.74) is 11.3. The number of rotatable bonds is 1. The van der Waals surface area contributed by atoms with E-state index in [0.717, 1.165) is 0 Å². The van der Waals surface area contributed by atoms with E-state index >= 15 is 0 Å². The molecule has 0 saturated heterocycles. The van der Waals surface area contributed by atoms with Crippen LogP contribution in [0.5, 0.6) is 0 Å². The molecule has 1 aromatic rings. The minimum atomic E-state index is 0.312. The van der Waals surface area contributed by atoms with Crippen LogP contribution in [0, 0.1) is 5.41 Å². The van der Waals surface area contributed by atoms with Gasteiger partial charge in [0, 0.05) is 12.0 Å². The van der Waals surface area contributed by atoms with Gasteiger partial charge >= 0.3 is 0 Å². The predicted octanol–water partition coefficient (Wildman–Crippen LogP) is 3.02. The fourth-order valence-corrected chi connectivity index (χ4v) is 3.37. The summed E-state index contributed by atoms with van der Waals surface area (Å²) in [7, 11) is 0. The second-order valence-corrected chi connectivity index (χ2v) is 6.02. The van der Waals surface area contributed by atoms with Crippen LogP contribution in [0.4, 0.5) is 0 Å². The molecule has 1 saturated carbocycles. The van der Waals surface area contributed by atoms with Crippen LogP contribution in [0.3, 0.4) is 0 Å². The highest BCUT2D eigenvalue weighted by Crippen LogP contribution is 2.58. The average Bonchev–Trinajstić information content (AvgIpc) is 2.77. The van der Waals surface area contributed by atoms with Gasteiger partial charge in [0.25, 0.3) is 0 Å². The summed E-state index contributed by atoms with van der Waals surface area (Å²) in [6, 6.07) is 7.20. The van der Waals surface area contributed by atoms with E-state index in [9.17, 15) is 0 Å². The minimum Gasteiger partial charge on any atom is -0.327 e. The van der Waals surface area contributed by atoms with Crippen molar-refractivity contribution in [3.05, 3.63) is 34.9 Å². The molecular weight excluding hydrogens is 194 g/mol. The van der Waals surface area contributed by atoms with Crippen molar-refractivity contribution in [2.45, 2.75) is 51.5 Å². The second kappa shape index (κ2) is 3.33. The number of aryl methyl sites for hydroxylation is 1. The first-order valence-electron chi connectivity index (χ1n) is 6.48. The normalized spacial score (nSPS) is 30.9. The van der Waals surface area contributed by atoms with Crippen LogP contribution in [0.2, 0.25) is 0 Å². The Morgan fingerprint density at radius 1 is 1.19 bits per heavy atom. The van der Waals surface area contributed by atoms with E-state index in [1.807, 2.05) is 0 Å². The van der Waals surface area contributed by atoms with Crippen molar-refractivity contribution in [2.75, 3.05) is 0 Å². The molecule has 16 heavy (non-hydrogen) atoms. The molecule has 0 heterocycles. The van der Waals surface area contributed by atoms with Crippen molar-refractivity contribution in [3.8, 4) is 0 Å². The zero-order valence-corrected chi connectivity index (χ0v) is 10.3. The largest absolute Gasteiger partial charge is 0.327 e. The molecule has 1 heteroatoms. The lowest BCUT2D eigenvalue weighted by molar-refractivity contribution is 0.594. The summed E-state index contributed by atoms with van der Waals surface area (Å²) < 4.78 is 0. The monoisotopic (exact) mass is 215 g/mol. The fraction of sp³-hybridized carbons (Fsp3) is 0.600. The first-order valence-corrected chi connectivity index (χ1v) is 6.48. The van der Waals surface area contributed by atoms with Gasteiger partial charge in [-0.05, 0) is 47.8 Å². The molecule has 2 aliphatic rings. The van der Waals surface area contributed by atoms with Gasteiger partial charge in [-0.25, -0.2) is 0 Å². The molecule has 0 unspecified atom stereocenters. The fourth-order valence-electron chi connectivity index (χ4n) is 3.37. The Labute approximate surface area is 98.0 Å². The SMILES string of the molecule is CC1(C)[C@@H](N)[C@@H]1c1cccc2c1CCCC2. The second-order valence-electron chi connectivity index (χ2n) is 6.02. The van der Waals surface area contributed by atoms with Gasteiger partial charge in [0.1, 0.15) is 0 Å². The third-order valence-corrected chi connectivity index (χ3v) is 4.68. The number of fused-ring (bicyclic) bond motifs is 1. The van der Waals surface area contributed by atoms with Gasteiger partial charge in [0.05, 0.1) is 0 Å². The summed E-state index contributed by atoms with van der Waals surface area (Å²) in [5, 5.41) is 0. The number of benzene rings is 1. The molecule has 0 aromatic heterocycles. The van der Waals surface area contributed by atoms with Crippen molar-refractivity contribution >= 4 is 0 Å². The Bertz CT molecular complexity index is 419. The van der Waals surface area contributed by atoms with Gasteiger partial charge < -0.3 is 5.73 Å². The zero-order chi connectivity index (χ0) is 11.3. The number of hydrogen-bond acceptors (Lipinski definition) is 1. The van der Waals surface area contributed by atoms with E-state index in [-0.39, 0.29) is 0 Å². The summed E-state index contributed by atoms with van der Waals surface area (Å²) in [5.74, 6) is 0.598. The molecule has 1 nitrogen and oxygen atoms in total. The minimum absolute atomic E-state index is 0.312. The molecule has 1 aromatic carbocycles. The zero-order valence-electron chi connectivity index (χ0n) is 10.3. The first-order chi connectivity index (χ1) is 7.62. The Hall–Kier alpha value is -0.820. The van der Waals surface area contributed by atoms with Crippen LogP contribution < -0.4 is 5.73 Å². The van der Waals surface area contributed by atoms with Crippen LogP contribution in [0.1, 0.15) is 49.3 Å². The number of hydrogen-bond donors (Lipinski definition) is 1. The van der Waals surface area contributed by atoms with Gasteiger partial charge in [-0.15, -0.1) is 0 Å². The van der Waals surface area contributed by atoms with E-state index in [4.69, 9.17) is 5.73 Å². The predicted molar refractivity (Wildman–Crippen MR) is 67.6 cm³/mol. The van der Waals surface area contributed by atoms with Gasteiger partial charge in [-0.3, -0.25) is 0 Å². The van der Waals surface area contributed by atoms with E-state index in [0.29, 0.717) is 17.4 Å². The van der Waals surface area contributed by atoms with Crippen LogP contribution in [0.15, 0.2) is 18.2 Å². The molecule has 0 spiro atoms. The number of nitrogens with two attached hydrogens (primary N) is 1. The standard InChI is InChI=1S/C15H21N/c1-15(2)13(14(15)16)12-9-5-7-10-6-3-4-8-11(10)12/h5,7,9,13-14H,3-4,6,8,16H2,1-2H3/t13-,14-/m0/s1. The smallest absolute Gasteiger partial charge is 0.0172 e. The lowest BCUT2D eigenvalue weighted by atomic mass is 9.85. The average molecular weight is 215 g/mol. The highest BCUT2D eigenvalue weighted by molar-refractivity contribution is 5.45. The first kappa shape index (κ1) is 10.3. The van der Waals surface area contributed by atoms with Crippen molar-refractivity contribution in [1.29, 1.82) is 0 Å². The molecule has 0 bridgehead atoms. The van der Waals surface area contributed by atoms with E-state index in [1.54, 1.807) is 16.7 Å². The molecule has 0 radical (unpaired) electrons. The van der Waals surface area contributed by atoms with Crippen molar-refractivity contribution in [1.82, 2.24) is 0 Å². The Morgan fingerprint density at radius 3 is 2.56 bits per heavy atom. The lowest BCUT2D eigenvalue weighted by Gasteiger charge is -2.20. The van der Waals surface area contributed by atoms with E-state index in [2.05, 4.69) is 32.0 Å². The lowest BCUT2D eigenvalue weighted by Crippen LogP contribution is -2.08. The van der Waals surface area contributed by atoms with E-state index < -0.39 is 0 Å². The van der Waals surface area contributed by atoms with Crippen LogP contribution in [0.25, 0.3) is 0 Å².